The van der Waals surface area contributed by atoms with Crippen molar-refractivity contribution >= 4 is 24.7 Å². The van der Waals surface area contributed by atoms with Crippen LogP contribution in [0.4, 0.5) is 5.82 Å². The van der Waals surface area contributed by atoms with E-state index >= 15 is 0 Å². The third-order valence-corrected chi connectivity index (χ3v) is 1.72. The normalized spacial score (nSPS) is 9.50. The zero-order valence-corrected chi connectivity index (χ0v) is 8.45. The van der Waals surface area contributed by atoms with Gasteiger partial charge in [0.05, 0.1) is 0 Å². The van der Waals surface area contributed by atoms with E-state index in [1.165, 1.54) is 0 Å². The van der Waals surface area contributed by atoms with Crippen LogP contribution in [0.15, 0.2) is 17.0 Å². The molecule has 1 heterocycles. The molecule has 0 radical (unpaired) electrons. The molecule has 0 aromatic carbocycles. The number of rotatable bonds is 3. The predicted octanol–water partition coefficient (Wildman–Crippen LogP) is 2.34. The van der Waals surface area contributed by atoms with Crippen LogP contribution in [0.1, 0.15) is 12.6 Å². The van der Waals surface area contributed by atoms with Crippen molar-refractivity contribution in [3.63, 3.8) is 0 Å². The molecule has 0 saturated heterocycles. The minimum atomic E-state index is 0.490. The SMILES string of the molecule is C#COB=Nc1cc(Cl)cc(CC)n1. The molecule has 1 aromatic heterocycles. The number of terminal acetylenes is 1. The Morgan fingerprint density at radius 2 is 2.50 bits per heavy atom. The summed E-state index contributed by atoms with van der Waals surface area (Å²) >= 11 is 5.85. The monoisotopic (exact) mass is 206 g/mol. The molecule has 0 atom stereocenters. The van der Waals surface area contributed by atoms with Crippen LogP contribution in [0.5, 0.6) is 0 Å². The van der Waals surface area contributed by atoms with E-state index in [2.05, 4.69) is 14.5 Å². The molecular formula is C9H8BClN2O. The third kappa shape index (κ3) is 3.19. The third-order valence-electron chi connectivity index (χ3n) is 1.50. The molecule has 0 aliphatic rings. The molecule has 70 valence electrons. The molecule has 5 heteroatoms. The number of aromatic nitrogens is 1. The minimum absolute atomic E-state index is 0.490. The molecule has 0 aliphatic carbocycles. The number of halogens is 1. The van der Waals surface area contributed by atoms with Crippen LogP contribution in [0.25, 0.3) is 0 Å². The average Bonchev–Trinajstić information content (AvgIpc) is 2.17. The summed E-state index contributed by atoms with van der Waals surface area (Å²) in [6.45, 7) is 1.99. The molecule has 0 spiro atoms. The Kier molecular flexibility index (Phi) is 4.15. The van der Waals surface area contributed by atoms with Crippen LogP contribution in [0, 0.1) is 12.5 Å². The first-order valence-corrected chi connectivity index (χ1v) is 4.44. The zero-order chi connectivity index (χ0) is 10.4. The first-order valence-electron chi connectivity index (χ1n) is 4.06. The van der Waals surface area contributed by atoms with E-state index in [9.17, 15) is 0 Å². The van der Waals surface area contributed by atoms with Gasteiger partial charge in [-0.25, -0.2) is 0 Å². The van der Waals surface area contributed by atoms with E-state index in [0.717, 1.165) is 19.4 Å². The first kappa shape index (κ1) is 10.7. The van der Waals surface area contributed by atoms with Crippen molar-refractivity contribution in [2.24, 2.45) is 4.90 Å². The Hall–Kier alpha value is -1.34. The van der Waals surface area contributed by atoms with E-state index in [0.29, 0.717) is 10.8 Å². The van der Waals surface area contributed by atoms with Gasteiger partial charge in [0.25, 0.3) is 0 Å². The molecular weight excluding hydrogens is 198 g/mol. The summed E-state index contributed by atoms with van der Waals surface area (Å²) in [6.07, 6.45) is 7.64. The maximum atomic E-state index is 5.85. The molecule has 14 heavy (non-hydrogen) atoms. The summed E-state index contributed by atoms with van der Waals surface area (Å²) in [7, 11) is 1.15. The van der Waals surface area contributed by atoms with Crippen LogP contribution in [0.2, 0.25) is 5.02 Å². The van der Waals surface area contributed by atoms with Gasteiger partial charge in [0, 0.05) is 0 Å². The standard InChI is InChI=1S/C9H8BClN2O/c1-3-8-5-7(11)6-9(12-8)13-10-14-4-2/h2,5-6H,3H2,1H3. The quantitative estimate of drug-likeness (QED) is 0.562. The van der Waals surface area contributed by atoms with Gasteiger partial charge in [0.1, 0.15) is 0 Å². The van der Waals surface area contributed by atoms with Crippen molar-refractivity contribution in [1.29, 1.82) is 0 Å². The van der Waals surface area contributed by atoms with E-state index in [-0.39, 0.29) is 0 Å². The van der Waals surface area contributed by atoms with Crippen LogP contribution < -0.4 is 0 Å². The van der Waals surface area contributed by atoms with Crippen molar-refractivity contribution in [2.75, 3.05) is 0 Å². The first-order chi connectivity index (χ1) is 6.76. The van der Waals surface area contributed by atoms with Gasteiger partial charge >= 0.3 is 88.0 Å². The summed E-state index contributed by atoms with van der Waals surface area (Å²) < 4.78 is 4.50. The second kappa shape index (κ2) is 5.41. The van der Waals surface area contributed by atoms with Crippen LogP contribution >= 0.6 is 11.6 Å². The van der Waals surface area contributed by atoms with Crippen molar-refractivity contribution < 1.29 is 4.65 Å². The van der Waals surface area contributed by atoms with Crippen molar-refractivity contribution in [2.45, 2.75) is 13.3 Å². The number of aryl methyl sites for hydroxylation is 1. The number of hydrogen-bond donors (Lipinski definition) is 0. The van der Waals surface area contributed by atoms with E-state index in [4.69, 9.17) is 18.0 Å². The molecule has 0 fully saturated rings. The van der Waals surface area contributed by atoms with Gasteiger partial charge in [-0.15, -0.1) is 0 Å². The van der Waals surface area contributed by atoms with E-state index < -0.39 is 0 Å². The van der Waals surface area contributed by atoms with Gasteiger partial charge in [-0.3, -0.25) is 0 Å². The molecule has 0 bridgehead atoms. The summed E-state index contributed by atoms with van der Waals surface area (Å²) in [5.41, 5.74) is 0.880. The van der Waals surface area contributed by atoms with Gasteiger partial charge in [-0.2, -0.15) is 0 Å². The molecule has 3 nitrogen and oxygen atoms in total. The van der Waals surface area contributed by atoms with E-state index in [1.54, 1.807) is 12.1 Å². The van der Waals surface area contributed by atoms with Crippen molar-refractivity contribution in [3.8, 4) is 12.5 Å². The molecule has 0 saturated carbocycles. The van der Waals surface area contributed by atoms with Gasteiger partial charge in [0.2, 0.25) is 0 Å². The Bertz CT molecular complexity index is 387. The van der Waals surface area contributed by atoms with Gasteiger partial charge in [0.15, 0.2) is 0 Å². The summed E-state index contributed by atoms with van der Waals surface area (Å²) in [6, 6.07) is 3.43. The average molecular weight is 206 g/mol. The number of nitrogens with zero attached hydrogens (tertiary/aromatic N) is 2. The van der Waals surface area contributed by atoms with Crippen LogP contribution in [-0.2, 0) is 11.1 Å². The second-order valence-corrected chi connectivity index (χ2v) is 2.90. The topological polar surface area (TPSA) is 34.5 Å². The molecule has 1 rings (SSSR count). The fourth-order valence-corrected chi connectivity index (χ4v) is 1.12. The molecule has 1 aromatic rings. The Balaban J connectivity index is 2.87. The maximum absolute atomic E-state index is 5.85. The second-order valence-electron chi connectivity index (χ2n) is 2.46. The molecule has 0 aliphatic heterocycles. The predicted molar refractivity (Wildman–Crippen MR) is 56.4 cm³/mol. The summed E-state index contributed by atoms with van der Waals surface area (Å²) in [5.74, 6) is 0.490. The Labute approximate surface area is 88.4 Å². The zero-order valence-electron chi connectivity index (χ0n) is 7.70. The Morgan fingerprint density at radius 3 is 3.14 bits per heavy atom. The van der Waals surface area contributed by atoms with Crippen LogP contribution in [0.3, 0.4) is 0 Å². The van der Waals surface area contributed by atoms with Crippen molar-refractivity contribution in [3.05, 3.63) is 22.8 Å². The van der Waals surface area contributed by atoms with Crippen molar-refractivity contribution in [1.82, 2.24) is 4.98 Å². The molecule has 0 unspecified atom stereocenters. The fourth-order valence-electron chi connectivity index (χ4n) is 0.894. The molecule has 0 amide bonds. The Morgan fingerprint density at radius 1 is 1.71 bits per heavy atom. The van der Waals surface area contributed by atoms with Gasteiger partial charge < -0.3 is 0 Å². The molecule has 0 N–H and O–H groups in total. The fraction of sp³-hybridized carbons (Fsp3) is 0.222. The van der Waals surface area contributed by atoms with E-state index in [1.807, 2.05) is 13.0 Å². The summed E-state index contributed by atoms with van der Waals surface area (Å²) in [5, 5.41) is 0.602. The summed E-state index contributed by atoms with van der Waals surface area (Å²) in [4.78, 5) is 8.07. The number of hydrogen-bond acceptors (Lipinski definition) is 3. The van der Waals surface area contributed by atoms with Gasteiger partial charge in [-0.05, 0) is 0 Å². The van der Waals surface area contributed by atoms with Crippen LogP contribution in [-0.4, -0.2) is 12.3 Å². The number of pyridine rings is 1. The van der Waals surface area contributed by atoms with Gasteiger partial charge in [-0.1, -0.05) is 0 Å².